The van der Waals surface area contributed by atoms with Crippen LogP contribution in [0.2, 0.25) is 0 Å². The topological polar surface area (TPSA) is 65.5 Å². The van der Waals surface area contributed by atoms with Gasteiger partial charge in [0, 0.05) is 20.1 Å². The third-order valence-corrected chi connectivity index (χ3v) is 3.69. The van der Waals surface area contributed by atoms with Crippen molar-refractivity contribution >= 4 is 11.9 Å². The van der Waals surface area contributed by atoms with Gasteiger partial charge in [0.25, 0.3) is 0 Å². The molecule has 1 aromatic rings. The molecule has 0 aliphatic carbocycles. The van der Waals surface area contributed by atoms with Gasteiger partial charge in [-0.15, -0.1) is 0 Å². The highest BCUT2D eigenvalue weighted by atomic mass is 16.1. The Morgan fingerprint density at radius 3 is 2.36 bits per heavy atom. The number of carbonyl (C=O) groups is 1. The van der Waals surface area contributed by atoms with E-state index in [1.165, 1.54) is 0 Å². The van der Waals surface area contributed by atoms with E-state index in [0.29, 0.717) is 18.4 Å². The van der Waals surface area contributed by atoms with E-state index in [9.17, 15) is 4.79 Å². The van der Waals surface area contributed by atoms with Crippen LogP contribution in [0.1, 0.15) is 32.3 Å². The SMILES string of the molecule is CCC(CC)CNC(=NC)NCC(=O)NCc1ccccc1. The third kappa shape index (κ3) is 7.11. The van der Waals surface area contributed by atoms with Crippen LogP contribution < -0.4 is 16.0 Å². The Labute approximate surface area is 133 Å². The molecule has 1 aromatic carbocycles. The van der Waals surface area contributed by atoms with Crippen LogP contribution in [0.15, 0.2) is 35.3 Å². The minimum absolute atomic E-state index is 0.0469. The zero-order chi connectivity index (χ0) is 16.2. The first-order valence-electron chi connectivity index (χ1n) is 7.94. The molecule has 0 radical (unpaired) electrons. The highest BCUT2D eigenvalue weighted by Crippen LogP contribution is 2.04. The zero-order valence-electron chi connectivity index (χ0n) is 13.9. The quantitative estimate of drug-likeness (QED) is 0.508. The Morgan fingerprint density at radius 1 is 1.09 bits per heavy atom. The van der Waals surface area contributed by atoms with Crippen LogP contribution in [-0.4, -0.2) is 32.0 Å². The normalized spacial score (nSPS) is 11.4. The van der Waals surface area contributed by atoms with E-state index in [2.05, 4.69) is 34.8 Å². The maximum absolute atomic E-state index is 11.8. The molecule has 22 heavy (non-hydrogen) atoms. The van der Waals surface area contributed by atoms with Gasteiger partial charge in [-0.2, -0.15) is 0 Å². The Bertz CT molecular complexity index is 455. The standard InChI is InChI=1S/C17H28N4O/c1-4-14(5-2)11-20-17(18-3)21-13-16(22)19-12-15-9-7-6-8-10-15/h6-10,14H,4-5,11-13H2,1-3H3,(H,19,22)(H2,18,20,21). The minimum Gasteiger partial charge on any atom is -0.356 e. The van der Waals surface area contributed by atoms with Crippen molar-refractivity contribution in [2.75, 3.05) is 20.1 Å². The molecule has 0 aliphatic heterocycles. The molecule has 0 atom stereocenters. The van der Waals surface area contributed by atoms with Gasteiger partial charge in [-0.25, -0.2) is 0 Å². The van der Waals surface area contributed by atoms with Crippen LogP contribution in [0.25, 0.3) is 0 Å². The van der Waals surface area contributed by atoms with Gasteiger partial charge in [0.2, 0.25) is 5.91 Å². The molecule has 0 aliphatic rings. The van der Waals surface area contributed by atoms with Crippen LogP contribution in [0.3, 0.4) is 0 Å². The van der Waals surface area contributed by atoms with Crippen LogP contribution >= 0.6 is 0 Å². The minimum atomic E-state index is -0.0469. The summed E-state index contributed by atoms with van der Waals surface area (Å²) in [5, 5.41) is 9.18. The number of carbonyl (C=O) groups excluding carboxylic acids is 1. The molecular formula is C17H28N4O. The summed E-state index contributed by atoms with van der Waals surface area (Å²) in [6, 6.07) is 9.86. The van der Waals surface area contributed by atoms with E-state index in [-0.39, 0.29) is 12.5 Å². The van der Waals surface area contributed by atoms with Gasteiger partial charge >= 0.3 is 0 Å². The summed E-state index contributed by atoms with van der Waals surface area (Å²) in [6.45, 7) is 6.00. The molecular weight excluding hydrogens is 276 g/mol. The summed E-state index contributed by atoms with van der Waals surface area (Å²) in [5.74, 6) is 1.25. The van der Waals surface area contributed by atoms with E-state index in [0.717, 1.165) is 24.9 Å². The lowest BCUT2D eigenvalue weighted by atomic mass is 10.0. The van der Waals surface area contributed by atoms with Gasteiger partial charge in [0.15, 0.2) is 5.96 Å². The van der Waals surface area contributed by atoms with Crippen molar-refractivity contribution in [3.63, 3.8) is 0 Å². The van der Waals surface area contributed by atoms with Crippen molar-refractivity contribution in [1.29, 1.82) is 0 Å². The number of benzene rings is 1. The average molecular weight is 304 g/mol. The zero-order valence-corrected chi connectivity index (χ0v) is 13.9. The highest BCUT2D eigenvalue weighted by Gasteiger charge is 2.06. The molecule has 5 nitrogen and oxygen atoms in total. The third-order valence-electron chi connectivity index (χ3n) is 3.69. The fourth-order valence-electron chi connectivity index (χ4n) is 2.06. The number of nitrogens with one attached hydrogen (secondary N) is 3. The Balaban J connectivity index is 2.26. The number of hydrogen-bond donors (Lipinski definition) is 3. The predicted octanol–water partition coefficient (Wildman–Crippen LogP) is 1.90. The van der Waals surface area contributed by atoms with Crippen molar-refractivity contribution < 1.29 is 4.79 Å². The van der Waals surface area contributed by atoms with E-state index in [4.69, 9.17) is 0 Å². The molecule has 0 spiro atoms. The van der Waals surface area contributed by atoms with Gasteiger partial charge < -0.3 is 16.0 Å². The van der Waals surface area contributed by atoms with Gasteiger partial charge in [-0.3, -0.25) is 9.79 Å². The Kier molecular flexibility index (Phi) is 8.72. The molecule has 0 heterocycles. The maximum Gasteiger partial charge on any atom is 0.239 e. The molecule has 122 valence electrons. The monoisotopic (exact) mass is 304 g/mol. The lowest BCUT2D eigenvalue weighted by molar-refractivity contribution is -0.120. The van der Waals surface area contributed by atoms with Crippen molar-refractivity contribution in [3.05, 3.63) is 35.9 Å². The number of aliphatic imine (C=N–C) groups is 1. The summed E-state index contributed by atoms with van der Waals surface area (Å²) in [5.41, 5.74) is 1.09. The molecule has 1 amide bonds. The number of rotatable bonds is 8. The van der Waals surface area contributed by atoms with Crippen molar-refractivity contribution in [2.45, 2.75) is 33.2 Å². The molecule has 1 rings (SSSR count). The van der Waals surface area contributed by atoms with Gasteiger partial charge in [0.05, 0.1) is 6.54 Å². The van der Waals surface area contributed by atoms with Crippen LogP contribution in [0.4, 0.5) is 0 Å². The van der Waals surface area contributed by atoms with Crippen molar-refractivity contribution in [3.8, 4) is 0 Å². The molecule has 0 saturated carbocycles. The lowest BCUT2D eigenvalue weighted by Crippen LogP contribution is -2.44. The van der Waals surface area contributed by atoms with Crippen LogP contribution in [-0.2, 0) is 11.3 Å². The maximum atomic E-state index is 11.8. The van der Waals surface area contributed by atoms with E-state index < -0.39 is 0 Å². The molecule has 0 bridgehead atoms. The number of amides is 1. The summed E-state index contributed by atoms with van der Waals surface area (Å²) in [6.07, 6.45) is 2.27. The molecule has 0 aromatic heterocycles. The Morgan fingerprint density at radius 2 is 1.77 bits per heavy atom. The van der Waals surface area contributed by atoms with E-state index in [1.54, 1.807) is 7.05 Å². The van der Waals surface area contributed by atoms with E-state index >= 15 is 0 Å². The molecule has 0 unspecified atom stereocenters. The van der Waals surface area contributed by atoms with Gasteiger partial charge in [0.1, 0.15) is 0 Å². The molecule has 5 heteroatoms. The summed E-state index contributed by atoms with van der Waals surface area (Å²) < 4.78 is 0. The molecule has 0 fully saturated rings. The first kappa shape index (κ1) is 18.0. The summed E-state index contributed by atoms with van der Waals surface area (Å²) in [7, 11) is 1.71. The second-order valence-electron chi connectivity index (χ2n) is 5.25. The largest absolute Gasteiger partial charge is 0.356 e. The van der Waals surface area contributed by atoms with Crippen LogP contribution in [0.5, 0.6) is 0 Å². The first-order chi connectivity index (χ1) is 10.7. The number of nitrogens with zero attached hydrogens (tertiary/aromatic N) is 1. The van der Waals surface area contributed by atoms with Gasteiger partial charge in [-0.1, -0.05) is 57.0 Å². The smallest absolute Gasteiger partial charge is 0.239 e. The second kappa shape index (κ2) is 10.7. The highest BCUT2D eigenvalue weighted by molar-refractivity contribution is 5.86. The predicted molar refractivity (Wildman–Crippen MR) is 91.7 cm³/mol. The average Bonchev–Trinajstić information content (AvgIpc) is 2.57. The number of guanidine groups is 1. The van der Waals surface area contributed by atoms with Gasteiger partial charge in [-0.05, 0) is 11.5 Å². The fraction of sp³-hybridized carbons (Fsp3) is 0.529. The van der Waals surface area contributed by atoms with Crippen molar-refractivity contribution in [1.82, 2.24) is 16.0 Å². The second-order valence-corrected chi connectivity index (χ2v) is 5.25. The molecule has 3 N–H and O–H groups in total. The summed E-state index contributed by atoms with van der Waals surface area (Å²) >= 11 is 0. The fourth-order valence-corrected chi connectivity index (χ4v) is 2.06. The summed E-state index contributed by atoms with van der Waals surface area (Å²) in [4.78, 5) is 16.0. The Hall–Kier alpha value is -2.04. The van der Waals surface area contributed by atoms with Crippen LogP contribution in [0, 0.1) is 5.92 Å². The molecule has 0 saturated heterocycles. The van der Waals surface area contributed by atoms with Crippen molar-refractivity contribution in [2.24, 2.45) is 10.9 Å². The lowest BCUT2D eigenvalue weighted by Gasteiger charge is -2.16. The number of hydrogen-bond acceptors (Lipinski definition) is 2. The van der Waals surface area contributed by atoms with E-state index in [1.807, 2.05) is 30.3 Å². The first-order valence-corrected chi connectivity index (χ1v) is 7.94.